The molecule has 5 nitrogen and oxygen atoms in total. The van der Waals surface area contributed by atoms with Gasteiger partial charge in [0.05, 0.1) is 18.0 Å². The number of hydrogen-bond donors (Lipinski definition) is 1. The molecule has 0 radical (unpaired) electrons. The molecular formula is C10H19NO4S. The van der Waals surface area contributed by atoms with E-state index in [-0.39, 0.29) is 0 Å². The smallest absolute Gasteiger partial charge is 0.449 e. The molecule has 1 rings (SSSR count). The van der Waals surface area contributed by atoms with Gasteiger partial charge in [0.15, 0.2) is 4.75 Å². The fourth-order valence-corrected chi connectivity index (χ4v) is 2.38. The molecule has 1 amide bonds. The molecule has 0 aromatic heterocycles. The number of nitrogens with one attached hydrogen (secondary N) is 1. The van der Waals surface area contributed by atoms with Crippen molar-refractivity contribution in [1.82, 2.24) is 4.72 Å². The van der Waals surface area contributed by atoms with Gasteiger partial charge in [0.2, 0.25) is 0 Å². The van der Waals surface area contributed by atoms with Crippen molar-refractivity contribution < 1.29 is 18.8 Å². The molecule has 0 aromatic rings. The highest BCUT2D eigenvalue weighted by atomic mass is 32.2. The summed E-state index contributed by atoms with van der Waals surface area (Å²) in [6.07, 6.45) is 0.972. The second kappa shape index (κ2) is 4.81. The van der Waals surface area contributed by atoms with Gasteiger partial charge in [-0.25, -0.2) is 4.79 Å². The maximum Gasteiger partial charge on any atom is 0.449 e. The van der Waals surface area contributed by atoms with Crippen molar-refractivity contribution in [2.75, 3.05) is 13.7 Å². The van der Waals surface area contributed by atoms with Crippen LogP contribution in [-0.2, 0) is 20.8 Å². The summed E-state index contributed by atoms with van der Waals surface area (Å²) in [6.45, 7) is 5.68. The molecule has 0 aromatic carbocycles. The third-order valence-electron chi connectivity index (χ3n) is 2.18. The van der Waals surface area contributed by atoms with Crippen LogP contribution < -0.4 is 4.72 Å². The highest BCUT2D eigenvalue weighted by Crippen LogP contribution is 2.43. The Morgan fingerprint density at radius 2 is 2.06 bits per heavy atom. The monoisotopic (exact) mass is 249 g/mol. The van der Waals surface area contributed by atoms with Crippen LogP contribution in [0.3, 0.4) is 0 Å². The van der Waals surface area contributed by atoms with Crippen LogP contribution in [-0.4, -0.2) is 34.7 Å². The number of amides is 1. The first-order chi connectivity index (χ1) is 7.29. The van der Waals surface area contributed by atoms with Gasteiger partial charge in [-0.05, 0) is 20.8 Å². The lowest BCUT2D eigenvalue weighted by Crippen LogP contribution is -2.44. The Hall–Kier alpha value is -0.460. The normalized spacial score (nSPS) is 20.1. The van der Waals surface area contributed by atoms with Crippen LogP contribution in [0.25, 0.3) is 0 Å². The van der Waals surface area contributed by atoms with Gasteiger partial charge in [-0.15, -0.1) is 4.72 Å². The summed E-state index contributed by atoms with van der Waals surface area (Å²) in [5, 5.41) is 0. The number of ether oxygens (including phenoxy) is 2. The highest BCUT2D eigenvalue weighted by Gasteiger charge is 2.56. The maximum atomic E-state index is 11.8. The van der Waals surface area contributed by atoms with Crippen molar-refractivity contribution in [3.8, 4) is 0 Å². The molecule has 1 unspecified atom stereocenters. The minimum absolute atomic E-state index is 0.397. The number of carbonyl (C=O) groups excluding carboxylic acids is 1. The van der Waals surface area contributed by atoms with E-state index in [9.17, 15) is 9.35 Å². The van der Waals surface area contributed by atoms with Gasteiger partial charge < -0.3 is 14.0 Å². The summed E-state index contributed by atoms with van der Waals surface area (Å²) < 4.78 is 23.8. The van der Waals surface area contributed by atoms with Crippen LogP contribution in [0.5, 0.6) is 0 Å². The molecule has 0 aliphatic heterocycles. The second-order valence-corrected chi connectivity index (χ2v) is 6.60. The fraction of sp³-hybridized carbons (Fsp3) is 0.900. The van der Waals surface area contributed by atoms with Gasteiger partial charge >= 0.3 is 6.09 Å². The Labute approximate surface area is 99.2 Å². The Morgan fingerprint density at radius 3 is 2.44 bits per heavy atom. The molecule has 1 aliphatic rings. The van der Waals surface area contributed by atoms with Crippen LogP contribution in [0.2, 0.25) is 0 Å². The quantitative estimate of drug-likeness (QED) is 0.764. The molecule has 0 heterocycles. The summed E-state index contributed by atoms with van der Waals surface area (Å²) in [7, 11) is 1.56. The van der Waals surface area contributed by atoms with E-state index >= 15 is 0 Å². The van der Waals surface area contributed by atoms with Crippen molar-refractivity contribution in [2.45, 2.75) is 44.0 Å². The lowest BCUT2D eigenvalue weighted by Gasteiger charge is -2.23. The maximum absolute atomic E-state index is 11.8. The van der Waals surface area contributed by atoms with Crippen molar-refractivity contribution in [3.63, 3.8) is 0 Å². The van der Waals surface area contributed by atoms with Gasteiger partial charge in [-0.1, -0.05) is 0 Å². The van der Waals surface area contributed by atoms with Gasteiger partial charge in [-0.3, -0.25) is 0 Å². The zero-order valence-corrected chi connectivity index (χ0v) is 11.0. The Kier molecular flexibility index (Phi) is 4.09. The van der Waals surface area contributed by atoms with Crippen LogP contribution in [0.15, 0.2) is 0 Å². The second-order valence-electron chi connectivity index (χ2n) is 4.99. The molecule has 94 valence electrons. The first-order valence-corrected chi connectivity index (χ1v) is 6.34. The average molecular weight is 249 g/mol. The predicted molar refractivity (Wildman–Crippen MR) is 61.4 cm³/mol. The summed E-state index contributed by atoms with van der Waals surface area (Å²) in [4.78, 5) is 11.4. The Balaban J connectivity index is 2.40. The zero-order valence-electron chi connectivity index (χ0n) is 10.2. The molecule has 0 bridgehead atoms. The summed E-state index contributed by atoms with van der Waals surface area (Å²) in [5.41, 5.74) is -0.577. The summed E-state index contributed by atoms with van der Waals surface area (Å²) in [6, 6.07) is 0. The molecule has 1 saturated carbocycles. The number of hydrogen-bond acceptors (Lipinski definition) is 4. The average Bonchev–Trinajstić information content (AvgIpc) is 2.82. The molecule has 1 atom stereocenters. The minimum Gasteiger partial charge on any atom is -0.592 e. The zero-order chi connectivity index (χ0) is 12.4. The van der Waals surface area contributed by atoms with E-state index in [1.165, 1.54) is 0 Å². The van der Waals surface area contributed by atoms with Crippen molar-refractivity contribution in [3.05, 3.63) is 0 Å². The SMILES string of the molecule is COCC1([S+]([O-])NC(=O)OC(C)(C)C)CC1. The molecule has 1 aliphatic carbocycles. The van der Waals surface area contributed by atoms with Crippen LogP contribution >= 0.6 is 0 Å². The standard InChI is InChI=1S/C10H19NO4S/c1-9(2,3)15-8(12)11-16(13)10(5-6-10)7-14-4/h5-7H2,1-4H3,(H,11,12). The van der Waals surface area contributed by atoms with Crippen LogP contribution in [0.1, 0.15) is 33.6 Å². The predicted octanol–water partition coefficient (Wildman–Crippen LogP) is 1.35. The lowest BCUT2D eigenvalue weighted by atomic mass is 10.2. The first kappa shape index (κ1) is 13.6. The number of methoxy groups -OCH3 is 1. The van der Waals surface area contributed by atoms with E-state index in [0.717, 1.165) is 12.8 Å². The molecule has 16 heavy (non-hydrogen) atoms. The van der Waals surface area contributed by atoms with Crippen LogP contribution in [0.4, 0.5) is 4.79 Å². The number of rotatable bonds is 4. The lowest BCUT2D eigenvalue weighted by molar-refractivity contribution is 0.0568. The van der Waals surface area contributed by atoms with E-state index in [1.54, 1.807) is 27.9 Å². The van der Waals surface area contributed by atoms with Crippen molar-refractivity contribution >= 4 is 17.5 Å². The van der Waals surface area contributed by atoms with E-state index in [4.69, 9.17) is 9.47 Å². The minimum atomic E-state index is -1.43. The molecule has 0 saturated heterocycles. The van der Waals surface area contributed by atoms with Gasteiger partial charge in [0.1, 0.15) is 5.60 Å². The molecule has 1 N–H and O–H groups in total. The Bertz CT molecular complexity index is 260. The molecule has 0 spiro atoms. The van der Waals surface area contributed by atoms with E-state index in [0.29, 0.717) is 6.61 Å². The fourth-order valence-electron chi connectivity index (χ4n) is 1.27. The summed E-state index contributed by atoms with van der Waals surface area (Å²) in [5.74, 6) is 0. The first-order valence-electron chi connectivity index (χ1n) is 5.19. The van der Waals surface area contributed by atoms with Crippen molar-refractivity contribution in [1.29, 1.82) is 0 Å². The third-order valence-corrected chi connectivity index (χ3v) is 3.85. The highest BCUT2D eigenvalue weighted by molar-refractivity contribution is 7.91. The van der Waals surface area contributed by atoms with E-state index in [2.05, 4.69) is 4.72 Å². The number of carbonyl (C=O) groups is 1. The largest absolute Gasteiger partial charge is 0.592 e. The van der Waals surface area contributed by atoms with Gasteiger partial charge in [0, 0.05) is 20.0 Å². The Morgan fingerprint density at radius 1 is 1.50 bits per heavy atom. The van der Waals surface area contributed by atoms with Crippen molar-refractivity contribution in [2.24, 2.45) is 0 Å². The van der Waals surface area contributed by atoms with Gasteiger partial charge in [0.25, 0.3) is 0 Å². The van der Waals surface area contributed by atoms with Gasteiger partial charge in [-0.2, -0.15) is 0 Å². The molecule has 6 heteroatoms. The molecule has 1 fully saturated rings. The van der Waals surface area contributed by atoms with E-state index < -0.39 is 27.8 Å². The summed E-state index contributed by atoms with van der Waals surface area (Å²) >= 11 is -1.43. The van der Waals surface area contributed by atoms with E-state index in [1.807, 2.05) is 0 Å². The topological polar surface area (TPSA) is 70.6 Å². The van der Waals surface area contributed by atoms with Crippen LogP contribution in [0, 0.1) is 0 Å². The molecular weight excluding hydrogens is 230 g/mol. The third kappa shape index (κ3) is 3.84.